The van der Waals surface area contributed by atoms with E-state index in [4.69, 9.17) is 5.73 Å². The summed E-state index contributed by atoms with van der Waals surface area (Å²) in [5.74, 6) is -0.629. The van der Waals surface area contributed by atoms with Gasteiger partial charge in [0, 0.05) is 6.42 Å². The first kappa shape index (κ1) is 8.03. The molecule has 0 aliphatic carbocycles. The van der Waals surface area contributed by atoms with E-state index in [1.807, 2.05) is 5.34 Å². The number of carbonyl (C=O) groups excluding carboxylic acids is 1. The molecule has 0 bridgehead atoms. The van der Waals surface area contributed by atoms with Gasteiger partial charge in [-0.25, -0.2) is 4.79 Å². The quantitative estimate of drug-likeness (QED) is 0.429. The van der Waals surface area contributed by atoms with Crippen molar-refractivity contribution in [1.82, 2.24) is 0 Å². The van der Waals surface area contributed by atoms with E-state index in [1.165, 1.54) is 0 Å². The van der Waals surface area contributed by atoms with E-state index in [0.717, 1.165) is 0 Å². The SMILES string of the molecule is NCCCC(=O)ON=O. The first-order chi connectivity index (χ1) is 4.31. The summed E-state index contributed by atoms with van der Waals surface area (Å²) in [5, 5.41) is 1.95. The Bertz CT molecular complexity index is 104. The average Bonchev–Trinajstić information content (AvgIpc) is 1.85. The maximum atomic E-state index is 10.2. The van der Waals surface area contributed by atoms with Gasteiger partial charge < -0.3 is 5.73 Å². The molecule has 0 spiro atoms. The van der Waals surface area contributed by atoms with Crippen LogP contribution in [0.15, 0.2) is 5.34 Å². The van der Waals surface area contributed by atoms with Crippen LogP contribution in [0.2, 0.25) is 0 Å². The number of nitrogens with zero attached hydrogens (tertiary/aromatic N) is 1. The Labute approximate surface area is 52.1 Å². The minimum Gasteiger partial charge on any atom is -0.330 e. The van der Waals surface area contributed by atoms with Crippen LogP contribution in [0.1, 0.15) is 12.8 Å². The third-order valence-electron chi connectivity index (χ3n) is 0.724. The van der Waals surface area contributed by atoms with Crippen LogP contribution in [0.5, 0.6) is 0 Å². The third kappa shape index (κ3) is 4.89. The van der Waals surface area contributed by atoms with Crippen LogP contribution in [0.3, 0.4) is 0 Å². The molecule has 0 aromatic carbocycles. The molecule has 0 aliphatic rings. The number of hydrogen-bond donors (Lipinski definition) is 1. The fourth-order valence-electron chi connectivity index (χ4n) is 0.334. The molecule has 5 nitrogen and oxygen atoms in total. The first-order valence-electron chi connectivity index (χ1n) is 2.54. The summed E-state index contributed by atoms with van der Waals surface area (Å²) in [6.45, 7) is 0.411. The van der Waals surface area contributed by atoms with Gasteiger partial charge in [0.05, 0.1) is 0 Å². The molecular weight excluding hydrogens is 124 g/mol. The fraction of sp³-hybridized carbons (Fsp3) is 0.750. The highest BCUT2D eigenvalue weighted by molar-refractivity contribution is 5.68. The molecule has 0 aromatic rings. The maximum Gasteiger partial charge on any atom is 0.338 e. The van der Waals surface area contributed by atoms with Crippen molar-refractivity contribution in [3.63, 3.8) is 0 Å². The van der Waals surface area contributed by atoms with Crippen molar-refractivity contribution in [2.24, 2.45) is 11.1 Å². The van der Waals surface area contributed by atoms with Crippen molar-refractivity contribution in [2.75, 3.05) is 6.54 Å². The lowest BCUT2D eigenvalue weighted by atomic mass is 10.3. The van der Waals surface area contributed by atoms with Crippen LogP contribution < -0.4 is 5.73 Å². The summed E-state index contributed by atoms with van der Waals surface area (Å²) in [6.07, 6.45) is 0.677. The van der Waals surface area contributed by atoms with Gasteiger partial charge in [0.1, 0.15) is 0 Å². The second-order valence-electron chi connectivity index (χ2n) is 1.43. The molecule has 0 saturated heterocycles. The lowest BCUT2D eigenvalue weighted by molar-refractivity contribution is -0.143. The molecule has 0 saturated carbocycles. The van der Waals surface area contributed by atoms with E-state index in [0.29, 0.717) is 13.0 Å². The molecule has 0 heterocycles. The monoisotopic (exact) mass is 132 g/mol. The van der Waals surface area contributed by atoms with E-state index < -0.39 is 5.97 Å². The standard InChI is InChI=1S/C4H8N2O3/c5-3-1-2-4(7)9-6-8/h1-3,5H2. The molecule has 0 radical (unpaired) electrons. The Hall–Kier alpha value is -0.970. The topological polar surface area (TPSA) is 81.8 Å². The molecule has 0 fully saturated rings. The predicted molar refractivity (Wildman–Crippen MR) is 30.2 cm³/mol. The van der Waals surface area contributed by atoms with Gasteiger partial charge in [-0.05, 0) is 13.0 Å². The van der Waals surface area contributed by atoms with Crippen LogP contribution in [0.4, 0.5) is 0 Å². The largest absolute Gasteiger partial charge is 0.338 e. The van der Waals surface area contributed by atoms with Gasteiger partial charge in [0.25, 0.3) is 0 Å². The summed E-state index contributed by atoms with van der Waals surface area (Å²) in [6, 6.07) is 0. The van der Waals surface area contributed by atoms with Crippen LogP contribution >= 0.6 is 0 Å². The molecule has 0 atom stereocenters. The van der Waals surface area contributed by atoms with Crippen molar-refractivity contribution >= 4 is 5.97 Å². The van der Waals surface area contributed by atoms with Gasteiger partial charge in [-0.15, -0.1) is 4.91 Å². The highest BCUT2D eigenvalue weighted by atomic mass is 16.7. The van der Waals surface area contributed by atoms with Gasteiger partial charge in [-0.2, -0.15) is 0 Å². The molecule has 5 heteroatoms. The zero-order valence-corrected chi connectivity index (χ0v) is 4.87. The van der Waals surface area contributed by atoms with Crippen molar-refractivity contribution in [3.05, 3.63) is 4.91 Å². The Morgan fingerprint density at radius 2 is 2.33 bits per heavy atom. The number of hydrogen-bond acceptors (Lipinski definition) is 5. The highest BCUT2D eigenvalue weighted by Gasteiger charge is 1.99. The third-order valence-corrected chi connectivity index (χ3v) is 0.724. The molecule has 0 amide bonds. The molecule has 52 valence electrons. The second-order valence-corrected chi connectivity index (χ2v) is 1.43. The molecule has 2 N–H and O–H groups in total. The average molecular weight is 132 g/mol. The summed E-state index contributed by atoms with van der Waals surface area (Å²) >= 11 is 0. The lowest BCUT2D eigenvalue weighted by Gasteiger charge is -1.90. The lowest BCUT2D eigenvalue weighted by Crippen LogP contribution is -2.04. The second kappa shape index (κ2) is 5.17. The minimum absolute atomic E-state index is 0.155. The van der Waals surface area contributed by atoms with Crippen molar-refractivity contribution in [1.29, 1.82) is 0 Å². The van der Waals surface area contributed by atoms with E-state index in [2.05, 4.69) is 4.84 Å². The summed E-state index contributed by atoms with van der Waals surface area (Å²) in [5.41, 5.74) is 5.06. The molecule has 0 aliphatic heterocycles. The Kier molecular flexibility index (Phi) is 4.61. The summed E-state index contributed by atoms with van der Waals surface area (Å²) < 4.78 is 0. The zero-order valence-electron chi connectivity index (χ0n) is 4.87. The normalized spacial score (nSPS) is 8.56. The molecule has 0 unspecified atom stereocenters. The van der Waals surface area contributed by atoms with Gasteiger partial charge >= 0.3 is 5.97 Å². The summed E-state index contributed by atoms with van der Waals surface area (Å²) in [4.78, 5) is 23.2. The smallest absolute Gasteiger partial charge is 0.330 e. The maximum absolute atomic E-state index is 10.2. The fourth-order valence-corrected chi connectivity index (χ4v) is 0.334. The van der Waals surface area contributed by atoms with Gasteiger partial charge in [0.15, 0.2) is 5.34 Å². The van der Waals surface area contributed by atoms with Crippen LogP contribution in [0, 0.1) is 4.91 Å². The van der Waals surface area contributed by atoms with Crippen molar-refractivity contribution in [3.8, 4) is 0 Å². The predicted octanol–water partition coefficient (Wildman–Crippen LogP) is -0.0501. The molecular formula is C4H8N2O3. The zero-order chi connectivity index (χ0) is 7.11. The number of nitrogens with two attached hydrogens (primary N) is 1. The van der Waals surface area contributed by atoms with E-state index in [9.17, 15) is 9.70 Å². The Morgan fingerprint density at radius 1 is 1.67 bits per heavy atom. The van der Waals surface area contributed by atoms with Crippen molar-refractivity contribution in [2.45, 2.75) is 12.8 Å². The van der Waals surface area contributed by atoms with E-state index >= 15 is 0 Å². The van der Waals surface area contributed by atoms with Gasteiger partial charge in [0.2, 0.25) is 0 Å². The van der Waals surface area contributed by atoms with E-state index in [-0.39, 0.29) is 6.42 Å². The van der Waals surface area contributed by atoms with Gasteiger partial charge in [-0.1, -0.05) is 0 Å². The Morgan fingerprint density at radius 3 is 2.78 bits per heavy atom. The Balaban J connectivity index is 3.16. The van der Waals surface area contributed by atoms with Crippen LogP contribution in [0.25, 0.3) is 0 Å². The molecule has 9 heavy (non-hydrogen) atoms. The first-order valence-corrected chi connectivity index (χ1v) is 2.54. The number of rotatable bonds is 4. The van der Waals surface area contributed by atoms with Gasteiger partial charge in [-0.3, -0.25) is 4.84 Å². The molecule has 0 aromatic heterocycles. The number of carbonyl (C=O) groups is 1. The van der Waals surface area contributed by atoms with Crippen LogP contribution in [-0.2, 0) is 9.63 Å². The van der Waals surface area contributed by atoms with Crippen LogP contribution in [-0.4, -0.2) is 12.5 Å². The molecule has 0 rings (SSSR count). The minimum atomic E-state index is -0.629. The van der Waals surface area contributed by atoms with Crippen molar-refractivity contribution < 1.29 is 9.63 Å². The highest BCUT2D eigenvalue weighted by Crippen LogP contribution is 1.89. The van der Waals surface area contributed by atoms with E-state index in [1.54, 1.807) is 0 Å². The summed E-state index contributed by atoms with van der Waals surface area (Å²) in [7, 11) is 0.